The van der Waals surface area contributed by atoms with Crippen molar-refractivity contribution in [2.45, 2.75) is 78.2 Å². The molecule has 0 fully saturated rings. The maximum Gasteiger partial charge on any atom is 1.00 e. The minimum Gasteiger partial charge on any atom is -0.550 e. The van der Waals surface area contributed by atoms with Crippen LogP contribution in [0.5, 0.6) is 0 Å². The van der Waals surface area contributed by atoms with E-state index >= 15 is 0 Å². The van der Waals surface area contributed by atoms with E-state index in [2.05, 4.69) is 6.92 Å². The third-order valence-corrected chi connectivity index (χ3v) is 2.99. The Morgan fingerprint density at radius 3 is 1.76 bits per heavy atom. The molecule has 6 heteroatoms. The average molecular weight is 311 g/mol. The number of nitrogens with two attached hydrogens (primary N) is 1. The van der Waals surface area contributed by atoms with Gasteiger partial charge in [0.1, 0.15) is 6.04 Å². The minimum absolute atomic E-state index is 0. The second-order valence-electron chi connectivity index (χ2n) is 5.35. The summed E-state index contributed by atoms with van der Waals surface area (Å²) >= 11 is 0. The first-order chi connectivity index (χ1) is 9.32. The summed E-state index contributed by atoms with van der Waals surface area (Å²) in [5.74, 6) is -1.82. The van der Waals surface area contributed by atoms with Gasteiger partial charge in [0.25, 0.3) is 0 Å². The summed E-state index contributed by atoms with van der Waals surface area (Å²) in [6.45, 7) is 5.74. The summed E-state index contributed by atoms with van der Waals surface area (Å²) in [6.07, 6.45) is 8.34. The molecule has 0 saturated carbocycles. The van der Waals surface area contributed by atoms with Crippen molar-refractivity contribution < 1.29 is 49.4 Å². The molecule has 0 spiro atoms. The van der Waals surface area contributed by atoms with E-state index < -0.39 is 18.0 Å². The van der Waals surface area contributed by atoms with E-state index in [-0.39, 0.29) is 41.9 Å². The Bertz CT molecular complexity index is 260. The Labute approximate surface area is 151 Å². The fraction of sp³-hybridized carbons (Fsp3) is 0.867. The van der Waals surface area contributed by atoms with Gasteiger partial charge in [0.05, 0.1) is 0 Å². The van der Waals surface area contributed by atoms with Crippen LogP contribution in [0.4, 0.5) is 0 Å². The average Bonchev–Trinajstić information content (AvgIpc) is 2.37. The van der Waals surface area contributed by atoms with Gasteiger partial charge in [-0.05, 0) is 18.8 Å². The number of hydrogen-bond acceptors (Lipinski definition) is 4. The van der Waals surface area contributed by atoms with Gasteiger partial charge in [-0.3, -0.25) is 4.79 Å². The van der Waals surface area contributed by atoms with Crippen molar-refractivity contribution in [3.05, 3.63) is 0 Å². The fourth-order valence-electron chi connectivity index (χ4n) is 1.51. The Hall–Kier alpha value is -0.100. The second-order valence-corrected chi connectivity index (χ2v) is 5.35. The number of carbonyl (C=O) groups is 2. The van der Waals surface area contributed by atoms with Crippen molar-refractivity contribution >= 4 is 11.9 Å². The fourth-order valence-corrected chi connectivity index (χ4v) is 1.51. The molecule has 0 aromatic heterocycles. The maximum absolute atomic E-state index is 10.0. The predicted molar refractivity (Wildman–Crippen MR) is 78.1 cm³/mol. The Kier molecular flexibility index (Phi) is 22.1. The molecule has 3 N–H and O–H groups in total. The third-order valence-electron chi connectivity index (χ3n) is 2.99. The van der Waals surface area contributed by atoms with Crippen molar-refractivity contribution in [1.29, 1.82) is 0 Å². The quantitative estimate of drug-likeness (QED) is 0.395. The van der Waals surface area contributed by atoms with Crippen LogP contribution in [-0.4, -0.2) is 23.1 Å². The number of aliphatic carboxylic acids is 2. The van der Waals surface area contributed by atoms with E-state index in [0.29, 0.717) is 0 Å². The van der Waals surface area contributed by atoms with Crippen LogP contribution in [-0.2, 0) is 9.59 Å². The predicted octanol–water partition coefficient (Wildman–Crippen LogP) is -1.06. The molecule has 1 atom stereocenters. The van der Waals surface area contributed by atoms with E-state index in [4.69, 9.17) is 10.8 Å². The molecule has 5 nitrogen and oxygen atoms in total. The van der Waals surface area contributed by atoms with E-state index in [9.17, 15) is 14.7 Å². The van der Waals surface area contributed by atoms with Gasteiger partial charge in [-0.2, -0.15) is 0 Å². The molecule has 120 valence electrons. The summed E-state index contributed by atoms with van der Waals surface area (Å²) in [6, 6.07) is -0.713. The Morgan fingerprint density at radius 1 is 1.05 bits per heavy atom. The molecule has 0 aromatic carbocycles. The molecule has 21 heavy (non-hydrogen) atoms. The van der Waals surface area contributed by atoms with Gasteiger partial charge in [-0.1, -0.05) is 59.3 Å². The first-order valence-electron chi connectivity index (χ1n) is 7.51. The second kappa shape index (κ2) is 18.0. The van der Waals surface area contributed by atoms with E-state index in [1.807, 2.05) is 0 Å². The van der Waals surface area contributed by atoms with Crippen LogP contribution in [0.3, 0.4) is 0 Å². The van der Waals surface area contributed by atoms with Gasteiger partial charge >= 0.3 is 35.5 Å². The van der Waals surface area contributed by atoms with Crippen LogP contribution in [0.25, 0.3) is 0 Å². The number of carboxylic acid groups (broad SMARTS) is 2. The molecule has 0 rings (SSSR count). The van der Waals surface area contributed by atoms with Gasteiger partial charge in [0, 0.05) is 5.97 Å². The molecule has 0 aliphatic rings. The summed E-state index contributed by atoms with van der Waals surface area (Å²) in [7, 11) is 0. The topological polar surface area (TPSA) is 103 Å². The standard InChI is InChI=1S/C10H20O2.C5H11NO2.Na/c1-2-3-4-5-6-7-8-9-10(11)12;1-3(2)4(6)5(7)8;/h2-9H2,1H3,(H,11,12);3-4H,6H2,1-2H3,(H,7,8);/q;;+1/p-1/t;4-;/m.0./s1. The van der Waals surface area contributed by atoms with Crippen molar-refractivity contribution in [3.63, 3.8) is 0 Å². The molecule has 0 amide bonds. The first kappa shape index (κ1) is 25.8. The van der Waals surface area contributed by atoms with Crippen molar-refractivity contribution in [3.8, 4) is 0 Å². The van der Waals surface area contributed by atoms with Crippen LogP contribution >= 0.6 is 0 Å². The van der Waals surface area contributed by atoms with Crippen LogP contribution in [0.2, 0.25) is 0 Å². The zero-order chi connectivity index (χ0) is 16.0. The number of carbonyl (C=O) groups excluding carboxylic acids is 1. The number of hydrogen-bond donors (Lipinski definition) is 2. The smallest absolute Gasteiger partial charge is 0.550 e. The van der Waals surface area contributed by atoms with Gasteiger partial charge in [-0.15, -0.1) is 0 Å². The molecule has 0 saturated heterocycles. The molecule has 0 aliphatic heterocycles. The normalized spacial score (nSPS) is 11.1. The number of rotatable bonds is 10. The maximum atomic E-state index is 10.0. The van der Waals surface area contributed by atoms with Crippen molar-refractivity contribution in [1.82, 2.24) is 0 Å². The van der Waals surface area contributed by atoms with E-state index in [0.717, 1.165) is 12.8 Å². The molecule has 0 aromatic rings. The minimum atomic E-state index is -0.931. The largest absolute Gasteiger partial charge is 1.00 e. The van der Waals surface area contributed by atoms with Gasteiger partial charge < -0.3 is 20.7 Å². The number of unbranched alkanes of at least 4 members (excludes halogenated alkanes) is 6. The summed E-state index contributed by atoms with van der Waals surface area (Å²) in [4.78, 5) is 20.0. The summed E-state index contributed by atoms with van der Waals surface area (Å²) in [5, 5.41) is 18.3. The van der Waals surface area contributed by atoms with Crippen molar-refractivity contribution in [2.75, 3.05) is 0 Å². The summed E-state index contributed by atoms with van der Waals surface area (Å²) in [5.41, 5.74) is 5.16. The molecular weight excluding hydrogens is 281 g/mol. The molecule has 0 radical (unpaired) electrons. The summed E-state index contributed by atoms with van der Waals surface area (Å²) < 4.78 is 0. The monoisotopic (exact) mass is 311 g/mol. The van der Waals surface area contributed by atoms with Crippen LogP contribution in [0, 0.1) is 5.92 Å². The molecule has 0 bridgehead atoms. The SMILES string of the molecule is CC(C)[C@H](N)C(=O)O.CCCCCCCCCC(=O)[O-].[Na+]. The van der Waals surface area contributed by atoms with E-state index in [1.165, 1.54) is 32.1 Å². The van der Waals surface area contributed by atoms with Crippen molar-refractivity contribution in [2.24, 2.45) is 11.7 Å². The molecule has 0 aliphatic carbocycles. The first-order valence-corrected chi connectivity index (χ1v) is 7.51. The van der Waals surface area contributed by atoms with E-state index in [1.54, 1.807) is 13.8 Å². The van der Waals surface area contributed by atoms with Gasteiger partial charge in [-0.25, -0.2) is 0 Å². The number of carboxylic acids is 2. The molecule has 0 unspecified atom stereocenters. The Morgan fingerprint density at radius 2 is 1.48 bits per heavy atom. The zero-order valence-electron chi connectivity index (χ0n) is 14.1. The Balaban J connectivity index is -0.000000317. The van der Waals surface area contributed by atoms with Crippen LogP contribution in [0.15, 0.2) is 0 Å². The third kappa shape index (κ3) is 22.3. The van der Waals surface area contributed by atoms with Crippen LogP contribution < -0.4 is 40.4 Å². The molecule has 0 heterocycles. The van der Waals surface area contributed by atoms with Crippen LogP contribution in [0.1, 0.15) is 72.1 Å². The zero-order valence-corrected chi connectivity index (χ0v) is 16.1. The molecular formula is C15H30NNaO4. The van der Waals surface area contributed by atoms with Gasteiger partial charge in [0.15, 0.2) is 0 Å². The van der Waals surface area contributed by atoms with Gasteiger partial charge in [0.2, 0.25) is 0 Å².